The quantitative estimate of drug-likeness (QED) is 0.729. The number of hydrogen-bond acceptors (Lipinski definition) is 2. The van der Waals surface area contributed by atoms with Crippen LogP contribution in [0.3, 0.4) is 0 Å². The molecule has 16 heavy (non-hydrogen) atoms. The second kappa shape index (κ2) is 6.24. The molecule has 0 aliphatic carbocycles. The maximum Gasteiger partial charge on any atom is 0.323 e. The molecule has 0 heterocycles. The van der Waals surface area contributed by atoms with Gasteiger partial charge in [-0.3, -0.25) is 9.69 Å². The van der Waals surface area contributed by atoms with Gasteiger partial charge in [0.1, 0.15) is 5.54 Å². The molecule has 3 nitrogen and oxygen atoms in total. The van der Waals surface area contributed by atoms with E-state index in [1.807, 2.05) is 13.8 Å². The average molecular weight is 229 g/mol. The molecule has 3 heteroatoms. The molecule has 0 aromatic carbocycles. The second-order valence-electron chi connectivity index (χ2n) is 5.39. The van der Waals surface area contributed by atoms with E-state index in [0.29, 0.717) is 12.3 Å². The number of nitrogens with zero attached hydrogens (tertiary/aromatic N) is 1. The number of carboxylic acids is 1. The van der Waals surface area contributed by atoms with Crippen molar-refractivity contribution >= 4 is 5.97 Å². The molecule has 0 bridgehead atoms. The van der Waals surface area contributed by atoms with Crippen LogP contribution in [0.4, 0.5) is 0 Å². The topological polar surface area (TPSA) is 40.5 Å². The Morgan fingerprint density at radius 1 is 1.31 bits per heavy atom. The molecule has 0 saturated heterocycles. The standard InChI is InChI=1S/C13H27NO2/c1-7-14(11(4)5)13(6,12(15)16)9-8-10(2)3/h10-11H,7-9H2,1-6H3,(H,15,16). The van der Waals surface area contributed by atoms with E-state index in [4.69, 9.17) is 0 Å². The Bertz CT molecular complexity index is 226. The molecule has 0 aromatic rings. The van der Waals surface area contributed by atoms with Crippen LogP contribution in [0.1, 0.15) is 54.4 Å². The van der Waals surface area contributed by atoms with Crippen molar-refractivity contribution in [2.24, 2.45) is 5.92 Å². The van der Waals surface area contributed by atoms with Crippen LogP contribution in [0.15, 0.2) is 0 Å². The van der Waals surface area contributed by atoms with E-state index in [-0.39, 0.29) is 6.04 Å². The number of rotatable bonds is 7. The maximum atomic E-state index is 11.5. The summed E-state index contributed by atoms with van der Waals surface area (Å²) in [5.41, 5.74) is -0.729. The summed E-state index contributed by atoms with van der Waals surface area (Å²) in [6.07, 6.45) is 1.66. The molecule has 0 saturated carbocycles. The Hall–Kier alpha value is -0.570. The first kappa shape index (κ1) is 15.4. The summed E-state index contributed by atoms with van der Waals surface area (Å²) >= 11 is 0. The lowest BCUT2D eigenvalue weighted by Crippen LogP contribution is -2.55. The van der Waals surface area contributed by atoms with Gasteiger partial charge in [0.15, 0.2) is 0 Å². The zero-order chi connectivity index (χ0) is 12.9. The van der Waals surface area contributed by atoms with Crippen molar-refractivity contribution < 1.29 is 9.90 Å². The van der Waals surface area contributed by atoms with Crippen molar-refractivity contribution in [1.29, 1.82) is 0 Å². The first-order chi connectivity index (χ1) is 7.25. The summed E-state index contributed by atoms with van der Waals surface area (Å²) in [5, 5.41) is 9.45. The molecule has 0 radical (unpaired) electrons. The summed E-state index contributed by atoms with van der Waals surface area (Å²) in [6, 6.07) is 0.262. The molecule has 0 fully saturated rings. The summed E-state index contributed by atoms with van der Waals surface area (Å²) < 4.78 is 0. The van der Waals surface area contributed by atoms with Gasteiger partial charge in [-0.05, 0) is 46.1 Å². The number of likely N-dealkylation sites (N-methyl/N-ethyl adjacent to an activating group) is 1. The molecular weight excluding hydrogens is 202 g/mol. The van der Waals surface area contributed by atoms with Crippen LogP contribution in [0, 0.1) is 5.92 Å². The SMILES string of the molecule is CCN(C(C)C)C(C)(CCC(C)C)C(=O)O. The highest BCUT2D eigenvalue weighted by atomic mass is 16.4. The molecule has 1 atom stereocenters. The lowest BCUT2D eigenvalue weighted by molar-refractivity contribution is -0.152. The molecular formula is C13H27NO2. The first-order valence-electron chi connectivity index (χ1n) is 6.25. The van der Waals surface area contributed by atoms with Crippen LogP contribution in [0.2, 0.25) is 0 Å². The lowest BCUT2D eigenvalue weighted by Gasteiger charge is -2.40. The van der Waals surface area contributed by atoms with Crippen molar-refractivity contribution in [3.8, 4) is 0 Å². The van der Waals surface area contributed by atoms with Gasteiger partial charge in [-0.2, -0.15) is 0 Å². The summed E-state index contributed by atoms with van der Waals surface area (Å²) in [6.45, 7) is 13.0. The van der Waals surface area contributed by atoms with E-state index in [2.05, 4.69) is 32.6 Å². The second-order valence-corrected chi connectivity index (χ2v) is 5.39. The Morgan fingerprint density at radius 3 is 2.06 bits per heavy atom. The Labute approximate surface area is 99.8 Å². The monoisotopic (exact) mass is 229 g/mol. The van der Waals surface area contributed by atoms with Crippen LogP contribution in [-0.4, -0.2) is 34.1 Å². The number of aliphatic carboxylic acids is 1. The minimum Gasteiger partial charge on any atom is -0.480 e. The van der Waals surface area contributed by atoms with Gasteiger partial charge in [-0.25, -0.2) is 0 Å². The number of carbonyl (C=O) groups is 1. The van der Waals surface area contributed by atoms with Gasteiger partial charge in [0.25, 0.3) is 0 Å². The zero-order valence-corrected chi connectivity index (χ0v) is 11.6. The largest absolute Gasteiger partial charge is 0.480 e. The van der Waals surface area contributed by atoms with Gasteiger partial charge < -0.3 is 5.11 Å². The van der Waals surface area contributed by atoms with Gasteiger partial charge in [0.05, 0.1) is 0 Å². The minimum atomic E-state index is -0.729. The first-order valence-corrected chi connectivity index (χ1v) is 6.25. The zero-order valence-electron chi connectivity index (χ0n) is 11.6. The van der Waals surface area contributed by atoms with Crippen molar-refractivity contribution in [1.82, 2.24) is 4.90 Å². The Balaban J connectivity index is 4.85. The highest BCUT2D eigenvalue weighted by Crippen LogP contribution is 2.26. The third-order valence-corrected chi connectivity index (χ3v) is 3.27. The summed E-state index contributed by atoms with van der Waals surface area (Å²) in [7, 11) is 0. The van der Waals surface area contributed by atoms with Crippen LogP contribution in [-0.2, 0) is 4.79 Å². The minimum absolute atomic E-state index is 0.262. The van der Waals surface area contributed by atoms with Crippen molar-refractivity contribution in [3.05, 3.63) is 0 Å². The number of carboxylic acid groups (broad SMARTS) is 1. The van der Waals surface area contributed by atoms with Gasteiger partial charge in [0.2, 0.25) is 0 Å². The fourth-order valence-electron chi connectivity index (χ4n) is 2.23. The third kappa shape index (κ3) is 3.78. The Morgan fingerprint density at radius 2 is 1.81 bits per heavy atom. The normalized spacial score (nSPS) is 15.8. The highest BCUT2D eigenvalue weighted by Gasteiger charge is 2.39. The van der Waals surface area contributed by atoms with Crippen molar-refractivity contribution in [2.45, 2.75) is 66.0 Å². The van der Waals surface area contributed by atoms with Gasteiger partial charge in [-0.15, -0.1) is 0 Å². The molecule has 0 amide bonds. The molecule has 0 aliphatic heterocycles. The smallest absolute Gasteiger partial charge is 0.323 e. The third-order valence-electron chi connectivity index (χ3n) is 3.27. The van der Waals surface area contributed by atoms with Gasteiger partial charge >= 0.3 is 5.97 Å². The van der Waals surface area contributed by atoms with Gasteiger partial charge in [0, 0.05) is 6.04 Å². The molecule has 0 aliphatic rings. The molecule has 96 valence electrons. The van der Waals surface area contributed by atoms with Crippen LogP contribution < -0.4 is 0 Å². The van der Waals surface area contributed by atoms with Crippen molar-refractivity contribution in [2.75, 3.05) is 6.54 Å². The van der Waals surface area contributed by atoms with E-state index >= 15 is 0 Å². The van der Waals surface area contributed by atoms with Crippen LogP contribution >= 0.6 is 0 Å². The average Bonchev–Trinajstić information content (AvgIpc) is 2.14. The number of hydrogen-bond donors (Lipinski definition) is 1. The van der Waals surface area contributed by atoms with E-state index in [9.17, 15) is 9.90 Å². The van der Waals surface area contributed by atoms with Gasteiger partial charge in [-0.1, -0.05) is 20.8 Å². The van der Waals surface area contributed by atoms with E-state index in [1.165, 1.54) is 0 Å². The highest BCUT2D eigenvalue weighted by molar-refractivity contribution is 5.78. The molecule has 1 N–H and O–H groups in total. The maximum absolute atomic E-state index is 11.5. The predicted octanol–water partition coefficient (Wildman–Crippen LogP) is 3.00. The van der Waals surface area contributed by atoms with E-state index in [1.54, 1.807) is 0 Å². The fourth-order valence-corrected chi connectivity index (χ4v) is 2.23. The Kier molecular flexibility index (Phi) is 6.01. The van der Waals surface area contributed by atoms with E-state index < -0.39 is 11.5 Å². The van der Waals surface area contributed by atoms with E-state index in [0.717, 1.165) is 13.0 Å². The molecule has 1 unspecified atom stereocenters. The predicted molar refractivity (Wildman–Crippen MR) is 67.6 cm³/mol. The molecule has 0 rings (SSSR count). The van der Waals surface area contributed by atoms with Crippen LogP contribution in [0.25, 0.3) is 0 Å². The lowest BCUT2D eigenvalue weighted by atomic mass is 9.89. The molecule has 0 spiro atoms. The summed E-state index contributed by atoms with van der Waals surface area (Å²) in [5.74, 6) is -0.159. The fraction of sp³-hybridized carbons (Fsp3) is 0.923. The summed E-state index contributed by atoms with van der Waals surface area (Å²) in [4.78, 5) is 13.6. The molecule has 0 aromatic heterocycles. The van der Waals surface area contributed by atoms with Crippen molar-refractivity contribution in [3.63, 3.8) is 0 Å². The van der Waals surface area contributed by atoms with Crippen LogP contribution in [0.5, 0.6) is 0 Å².